The van der Waals surface area contributed by atoms with Gasteiger partial charge in [0.25, 0.3) is 0 Å². The fourth-order valence-electron chi connectivity index (χ4n) is 2.83. The van der Waals surface area contributed by atoms with Crippen molar-refractivity contribution in [3.63, 3.8) is 0 Å². The number of halogens is 1. The third kappa shape index (κ3) is 4.50. The van der Waals surface area contributed by atoms with Crippen LogP contribution in [0.25, 0.3) is 0 Å². The maximum absolute atomic E-state index is 13.0. The Morgan fingerprint density at radius 3 is 2.65 bits per heavy atom. The van der Waals surface area contributed by atoms with Gasteiger partial charge < -0.3 is 10.1 Å². The second kappa shape index (κ2) is 7.06. The third-order valence-electron chi connectivity index (χ3n) is 4.46. The number of ether oxygens (including phenoxy) is 1. The summed E-state index contributed by atoms with van der Waals surface area (Å²) in [5.74, 6) is -1.30. The Morgan fingerprint density at radius 2 is 2.13 bits per heavy atom. The van der Waals surface area contributed by atoms with E-state index in [0.29, 0.717) is 12.8 Å². The predicted molar refractivity (Wildman–Crippen MR) is 82.0 cm³/mol. The third-order valence-corrected chi connectivity index (χ3v) is 4.46. The topological polar surface area (TPSA) is 72.5 Å². The Kier molecular flexibility index (Phi) is 5.34. The fraction of sp³-hybridized carbons (Fsp3) is 0.588. The molecule has 0 saturated heterocycles. The zero-order valence-electron chi connectivity index (χ0n) is 13.5. The average molecular weight is 323 g/mol. The summed E-state index contributed by atoms with van der Waals surface area (Å²) in [6.45, 7) is 0.970. The normalized spacial score (nSPS) is 22.6. The molecule has 1 unspecified atom stereocenters. The van der Waals surface area contributed by atoms with E-state index in [9.17, 15) is 18.8 Å². The molecule has 5 nitrogen and oxygen atoms in total. The van der Waals surface area contributed by atoms with Gasteiger partial charge >= 0.3 is 5.97 Å². The number of carbonyl (C=O) groups is 3. The maximum atomic E-state index is 13.0. The lowest BCUT2D eigenvalue weighted by molar-refractivity contribution is -0.135. The zero-order valence-corrected chi connectivity index (χ0v) is 13.5. The Hall–Kier alpha value is -1.98. The molecule has 2 aliphatic carbocycles. The first-order valence-corrected chi connectivity index (χ1v) is 7.78. The summed E-state index contributed by atoms with van der Waals surface area (Å²) in [5.41, 5.74) is 0.134. The molecule has 1 atom stereocenters. The van der Waals surface area contributed by atoms with Crippen LogP contribution in [0, 0.1) is 11.3 Å². The second-order valence-electron chi connectivity index (χ2n) is 6.41. The number of ketones is 1. The molecule has 1 saturated carbocycles. The highest BCUT2D eigenvalue weighted by atomic mass is 19.1. The lowest BCUT2D eigenvalue weighted by Crippen LogP contribution is -2.24. The minimum atomic E-state index is -0.601. The van der Waals surface area contributed by atoms with E-state index in [-0.39, 0.29) is 47.4 Å². The molecule has 2 rings (SSSR count). The van der Waals surface area contributed by atoms with Crippen molar-refractivity contribution >= 4 is 17.7 Å². The van der Waals surface area contributed by atoms with Crippen molar-refractivity contribution < 1.29 is 23.5 Å². The van der Waals surface area contributed by atoms with Crippen LogP contribution < -0.4 is 5.32 Å². The summed E-state index contributed by atoms with van der Waals surface area (Å²) < 4.78 is 17.7. The van der Waals surface area contributed by atoms with Crippen LogP contribution in [0.2, 0.25) is 0 Å². The summed E-state index contributed by atoms with van der Waals surface area (Å²) in [7, 11) is 1.25. The van der Waals surface area contributed by atoms with Crippen molar-refractivity contribution in [2.75, 3.05) is 13.8 Å². The Morgan fingerprint density at radius 1 is 1.43 bits per heavy atom. The number of esters is 1. The van der Waals surface area contributed by atoms with Gasteiger partial charge in [0.2, 0.25) is 5.91 Å². The van der Waals surface area contributed by atoms with Crippen molar-refractivity contribution in [1.29, 1.82) is 0 Å². The fourth-order valence-corrected chi connectivity index (χ4v) is 2.83. The number of methoxy groups -OCH3 is 1. The van der Waals surface area contributed by atoms with Crippen LogP contribution in [-0.4, -0.2) is 31.4 Å². The molecule has 1 N–H and O–H groups in total. The molecule has 2 aliphatic rings. The van der Waals surface area contributed by atoms with E-state index < -0.39 is 5.97 Å². The van der Waals surface area contributed by atoms with E-state index in [1.807, 2.05) is 0 Å². The van der Waals surface area contributed by atoms with Crippen LogP contribution in [0.1, 0.15) is 39.0 Å². The first-order chi connectivity index (χ1) is 10.9. The van der Waals surface area contributed by atoms with E-state index in [1.165, 1.54) is 20.1 Å². The number of allylic oxidation sites excluding steroid dienone is 2. The van der Waals surface area contributed by atoms with Gasteiger partial charge in [-0.3, -0.25) is 14.0 Å². The Balaban J connectivity index is 2.19. The van der Waals surface area contributed by atoms with Gasteiger partial charge in [-0.25, -0.2) is 4.79 Å². The SMILES string of the molecule is COC(=O)C1=CC(CCC2(CF)CC2)CC(=O)C=C1NC(C)=O. The highest BCUT2D eigenvalue weighted by Crippen LogP contribution is 2.50. The minimum Gasteiger partial charge on any atom is -0.465 e. The molecule has 0 aromatic carbocycles. The zero-order chi connectivity index (χ0) is 17.0. The van der Waals surface area contributed by atoms with Gasteiger partial charge in [0.05, 0.1) is 25.1 Å². The van der Waals surface area contributed by atoms with Gasteiger partial charge in [0.15, 0.2) is 5.78 Å². The van der Waals surface area contributed by atoms with E-state index in [0.717, 1.165) is 12.8 Å². The van der Waals surface area contributed by atoms with Crippen molar-refractivity contribution in [2.24, 2.45) is 11.3 Å². The Labute approximate surface area is 135 Å². The van der Waals surface area contributed by atoms with Crippen LogP contribution in [0.3, 0.4) is 0 Å². The van der Waals surface area contributed by atoms with Crippen molar-refractivity contribution in [1.82, 2.24) is 5.32 Å². The molecular formula is C17H22FNO4. The summed E-state index contributed by atoms with van der Waals surface area (Å²) in [5, 5.41) is 2.51. The standard InChI is InChI=1S/C17H22FNO4/c1-11(20)19-15-9-13(21)7-12(8-14(15)16(22)23-2)3-4-17(10-18)5-6-17/h8-9,12H,3-7,10H2,1-2H3,(H,19,20). The lowest BCUT2D eigenvalue weighted by Gasteiger charge is -2.15. The smallest absolute Gasteiger partial charge is 0.339 e. The van der Waals surface area contributed by atoms with E-state index >= 15 is 0 Å². The summed E-state index contributed by atoms with van der Waals surface area (Å²) in [6.07, 6.45) is 6.28. The number of rotatable bonds is 6. The predicted octanol–water partition coefficient (Wildman–Crippen LogP) is 2.22. The molecule has 1 amide bonds. The summed E-state index contributed by atoms with van der Waals surface area (Å²) >= 11 is 0. The summed E-state index contributed by atoms with van der Waals surface area (Å²) in [6, 6.07) is 0. The first kappa shape index (κ1) is 17.4. The van der Waals surface area contributed by atoms with E-state index in [4.69, 9.17) is 4.74 Å². The van der Waals surface area contributed by atoms with Gasteiger partial charge in [-0.2, -0.15) is 0 Å². The monoisotopic (exact) mass is 323 g/mol. The number of nitrogens with one attached hydrogen (secondary N) is 1. The number of carbonyl (C=O) groups excluding carboxylic acids is 3. The van der Waals surface area contributed by atoms with Crippen LogP contribution >= 0.6 is 0 Å². The summed E-state index contributed by atoms with van der Waals surface area (Å²) in [4.78, 5) is 35.3. The largest absolute Gasteiger partial charge is 0.465 e. The molecule has 0 aliphatic heterocycles. The van der Waals surface area contributed by atoms with Crippen LogP contribution in [0.4, 0.5) is 4.39 Å². The van der Waals surface area contributed by atoms with E-state index in [1.54, 1.807) is 6.08 Å². The molecule has 0 aromatic heterocycles. The second-order valence-corrected chi connectivity index (χ2v) is 6.41. The van der Waals surface area contributed by atoms with Gasteiger partial charge in [0.1, 0.15) is 0 Å². The molecule has 0 radical (unpaired) electrons. The van der Waals surface area contributed by atoms with Crippen LogP contribution in [0.5, 0.6) is 0 Å². The molecule has 23 heavy (non-hydrogen) atoms. The molecular weight excluding hydrogens is 301 g/mol. The van der Waals surface area contributed by atoms with Crippen molar-refractivity contribution in [3.8, 4) is 0 Å². The molecule has 0 aromatic rings. The number of hydrogen-bond acceptors (Lipinski definition) is 4. The lowest BCUT2D eigenvalue weighted by atomic mass is 9.90. The molecule has 0 spiro atoms. The molecule has 1 fully saturated rings. The Bertz CT molecular complexity index is 575. The van der Waals surface area contributed by atoms with Crippen molar-refractivity contribution in [3.05, 3.63) is 23.4 Å². The molecule has 6 heteroatoms. The maximum Gasteiger partial charge on any atom is 0.339 e. The molecule has 0 heterocycles. The number of hydrogen-bond donors (Lipinski definition) is 1. The number of alkyl halides is 1. The van der Waals surface area contributed by atoms with Gasteiger partial charge in [-0.05, 0) is 37.0 Å². The van der Waals surface area contributed by atoms with Gasteiger partial charge in [-0.1, -0.05) is 6.08 Å². The molecule has 126 valence electrons. The highest BCUT2D eigenvalue weighted by Gasteiger charge is 2.42. The van der Waals surface area contributed by atoms with E-state index in [2.05, 4.69) is 5.32 Å². The number of amides is 1. The first-order valence-electron chi connectivity index (χ1n) is 7.78. The average Bonchev–Trinajstić information content (AvgIpc) is 3.29. The van der Waals surface area contributed by atoms with Gasteiger partial charge in [-0.15, -0.1) is 0 Å². The van der Waals surface area contributed by atoms with Crippen LogP contribution in [-0.2, 0) is 19.1 Å². The van der Waals surface area contributed by atoms with Gasteiger partial charge in [0, 0.05) is 19.4 Å². The van der Waals surface area contributed by atoms with Crippen LogP contribution in [0.15, 0.2) is 23.4 Å². The minimum absolute atomic E-state index is 0.164. The van der Waals surface area contributed by atoms with Crippen molar-refractivity contribution in [2.45, 2.75) is 39.0 Å². The molecule has 0 bridgehead atoms. The highest BCUT2D eigenvalue weighted by molar-refractivity contribution is 6.00. The quantitative estimate of drug-likeness (QED) is 0.761.